The van der Waals surface area contributed by atoms with Gasteiger partial charge in [-0.2, -0.15) is 0 Å². The van der Waals surface area contributed by atoms with E-state index >= 15 is 0 Å². The molecule has 0 bridgehead atoms. The highest BCUT2D eigenvalue weighted by molar-refractivity contribution is 5.85. The van der Waals surface area contributed by atoms with Crippen molar-refractivity contribution in [3.63, 3.8) is 0 Å². The largest absolute Gasteiger partial charge is 0.385 e. The zero-order chi connectivity index (χ0) is 20.8. The van der Waals surface area contributed by atoms with Crippen molar-refractivity contribution in [3.8, 4) is 0 Å². The maximum absolute atomic E-state index is 12.6. The minimum absolute atomic E-state index is 0. The first-order valence-corrected chi connectivity index (χ1v) is 11.9. The monoisotopic (exact) mass is 478 g/mol. The van der Waals surface area contributed by atoms with Crippen LogP contribution in [-0.2, 0) is 12.0 Å². The van der Waals surface area contributed by atoms with Crippen LogP contribution in [0.3, 0.4) is 0 Å². The predicted molar refractivity (Wildman–Crippen MR) is 139 cm³/mol. The molecule has 5 heteroatoms. The Morgan fingerprint density at radius 1 is 0.844 bits per heavy atom. The van der Waals surface area contributed by atoms with Crippen LogP contribution >= 0.6 is 24.8 Å². The smallest absolute Gasteiger partial charge is 0.0967 e. The van der Waals surface area contributed by atoms with Crippen molar-refractivity contribution in [3.05, 3.63) is 71.8 Å². The average molecular weight is 480 g/mol. The topological polar surface area (TPSA) is 26.7 Å². The molecule has 0 amide bonds. The number of rotatable bonds is 7. The van der Waals surface area contributed by atoms with E-state index in [4.69, 9.17) is 0 Å². The van der Waals surface area contributed by atoms with E-state index < -0.39 is 5.60 Å². The van der Waals surface area contributed by atoms with Crippen molar-refractivity contribution in [2.75, 3.05) is 39.8 Å². The molecular formula is C27H40Cl2N2O. The molecule has 1 aliphatic carbocycles. The molecule has 32 heavy (non-hydrogen) atoms. The van der Waals surface area contributed by atoms with Crippen molar-refractivity contribution in [1.82, 2.24) is 9.80 Å². The van der Waals surface area contributed by atoms with Gasteiger partial charge in [0.25, 0.3) is 0 Å². The van der Waals surface area contributed by atoms with Crippen molar-refractivity contribution in [2.24, 2.45) is 11.8 Å². The number of likely N-dealkylation sites (N-methyl/N-ethyl adjacent to an activating group) is 1. The lowest BCUT2D eigenvalue weighted by atomic mass is 9.65. The zero-order valence-electron chi connectivity index (χ0n) is 19.4. The van der Waals surface area contributed by atoms with Crippen LogP contribution in [0.4, 0.5) is 0 Å². The Bertz CT molecular complexity index is 762. The summed E-state index contributed by atoms with van der Waals surface area (Å²) in [6, 6.07) is 21.4. The first-order chi connectivity index (χ1) is 14.7. The second-order valence-electron chi connectivity index (χ2n) is 9.52. The first kappa shape index (κ1) is 27.1. The summed E-state index contributed by atoms with van der Waals surface area (Å²) in [5, 5.41) is 12.6. The number of benzene rings is 2. The van der Waals surface area contributed by atoms with Gasteiger partial charge in [-0.15, -0.1) is 24.8 Å². The van der Waals surface area contributed by atoms with Crippen LogP contribution < -0.4 is 0 Å². The Labute approximate surface area is 207 Å². The Morgan fingerprint density at radius 3 is 2.00 bits per heavy atom. The number of hydrogen-bond acceptors (Lipinski definition) is 3. The Hall–Kier alpha value is -1.10. The average Bonchev–Trinajstić information content (AvgIpc) is 2.81. The molecule has 2 fully saturated rings. The Morgan fingerprint density at radius 2 is 1.41 bits per heavy atom. The SMILES string of the molecule is CN1CCN(CC(Cc2ccccc2)C(O)(c2ccccc2)C2CCCCC2)CC1.Cl.Cl. The van der Waals surface area contributed by atoms with Gasteiger partial charge in [-0.3, -0.25) is 0 Å². The molecule has 0 radical (unpaired) electrons. The van der Waals surface area contributed by atoms with Crippen LogP contribution in [0, 0.1) is 11.8 Å². The lowest BCUT2D eigenvalue weighted by Gasteiger charge is -2.47. The maximum atomic E-state index is 12.6. The van der Waals surface area contributed by atoms with Gasteiger partial charge < -0.3 is 14.9 Å². The van der Waals surface area contributed by atoms with Crippen LogP contribution in [0.25, 0.3) is 0 Å². The summed E-state index contributed by atoms with van der Waals surface area (Å²) in [6.07, 6.45) is 7.00. The molecule has 4 rings (SSSR count). The fraction of sp³-hybridized carbons (Fsp3) is 0.556. The van der Waals surface area contributed by atoms with E-state index in [1.807, 2.05) is 0 Å². The minimum Gasteiger partial charge on any atom is -0.385 e. The number of piperazine rings is 1. The van der Waals surface area contributed by atoms with Gasteiger partial charge in [0.1, 0.15) is 0 Å². The minimum atomic E-state index is -0.777. The molecule has 3 nitrogen and oxygen atoms in total. The molecule has 2 unspecified atom stereocenters. The van der Waals surface area contributed by atoms with Gasteiger partial charge in [-0.05, 0) is 43.4 Å². The molecule has 0 spiro atoms. The highest BCUT2D eigenvalue weighted by Gasteiger charge is 2.45. The van der Waals surface area contributed by atoms with Gasteiger partial charge in [0.15, 0.2) is 0 Å². The molecule has 2 aliphatic rings. The van der Waals surface area contributed by atoms with Crippen LogP contribution in [0.5, 0.6) is 0 Å². The highest BCUT2D eigenvalue weighted by atomic mass is 35.5. The summed E-state index contributed by atoms with van der Waals surface area (Å²) in [6.45, 7) is 5.38. The van der Waals surface area contributed by atoms with E-state index in [-0.39, 0.29) is 30.7 Å². The predicted octanol–water partition coefficient (Wildman–Crippen LogP) is 5.40. The van der Waals surface area contributed by atoms with E-state index in [9.17, 15) is 5.11 Å². The van der Waals surface area contributed by atoms with Crippen molar-refractivity contribution in [2.45, 2.75) is 44.1 Å². The molecule has 2 aromatic carbocycles. The van der Waals surface area contributed by atoms with E-state index in [1.165, 1.54) is 24.8 Å². The summed E-state index contributed by atoms with van der Waals surface area (Å²) in [4.78, 5) is 5.00. The molecule has 1 saturated heterocycles. The fourth-order valence-electron chi connectivity index (χ4n) is 5.65. The highest BCUT2D eigenvalue weighted by Crippen LogP contribution is 2.45. The number of hydrogen-bond donors (Lipinski definition) is 1. The van der Waals surface area contributed by atoms with Crippen LogP contribution in [0.2, 0.25) is 0 Å². The lowest BCUT2D eigenvalue weighted by molar-refractivity contribution is -0.0985. The van der Waals surface area contributed by atoms with Gasteiger partial charge in [0.2, 0.25) is 0 Å². The maximum Gasteiger partial charge on any atom is 0.0967 e. The second kappa shape index (κ2) is 13.0. The third-order valence-electron chi connectivity index (χ3n) is 7.49. The molecule has 1 aliphatic heterocycles. The first-order valence-electron chi connectivity index (χ1n) is 11.9. The van der Waals surface area contributed by atoms with Crippen LogP contribution in [0.1, 0.15) is 43.2 Å². The molecule has 2 atom stereocenters. The van der Waals surface area contributed by atoms with E-state index in [2.05, 4.69) is 77.5 Å². The standard InChI is InChI=1S/C27H38N2O.2ClH/c1-28-17-19-29(20-18-28)22-26(21-23-11-5-2-6-12-23)27(30,24-13-7-3-8-14-24)25-15-9-4-10-16-25;;/h2-3,5-8,11-14,25-26,30H,4,9-10,15-22H2,1H3;2*1H. The molecule has 178 valence electrons. The number of aliphatic hydroxyl groups is 1. The molecule has 1 N–H and O–H groups in total. The van der Waals surface area contributed by atoms with Gasteiger partial charge in [0.05, 0.1) is 5.60 Å². The summed E-state index contributed by atoms with van der Waals surface area (Å²) in [7, 11) is 2.21. The summed E-state index contributed by atoms with van der Waals surface area (Å²) >= 11 is 0. The normalized spacial score (nSPS) is 21.1. The molecule has 2 aromatic rings. The molecule has 1 saturated carbocycles. The van der Waals surface area contributed by atoms with Crippen LogP contribution in [-0.4, -0.2) is 54.7 Å². The molecule has 1 heterocycles. The van der Waals surface area contributed by atoms with Gasteiger partial charge >= 0.3 is 0 Å². The number of nitrogens with zero attached hydrogens (tertiary/aromatic N) is 2. The van der Waals surface area contributed by atoms with E-state index in [1.54, 1.807) is 0 Å². The Kier molecular flexibility index (Phi) is 11.0. The third kappa shape index (κ3) is 6.48. The van der Waals surface area contributed by atoms with Crippen molar-refractivity contribution < 1.29 is 5.11 Å². The lowest BCUT2D eigenvalue weighted by Crippen LogP contribution is -2.52. The van der Waals surface area contributed by atoms with E-state index in [0.29, 0.717) is 5.92 Å². The van der Waals surface area contributed by atoms with Gasteiger partial charge in [-0.1, -0.05) is 79.9 Å². The summed E-state index contributed by atoms with van der Waals surface area (Å²) in [5.41, 5.74) is 1.68. The summed E-state index contributed by atoms with van der Waals surface area (Å²) in [5.74, 6) is 0.531. The quantitative estimate of drug-likeness (QED) is 0.576. The van der Waals surface area contributed by atoms with Gasteiger partial charge in [-0.25, -0.2) is 0 Å². The number of halogens is 2. The summed E-state index contributed by atoms with van der Waals surface area (Å²) < 4.78 is 0. The zero-order valence-corrected chi connectivity index (χ0v) is 21.0. The van der Waals surface area contributed by atoms with Crippen molar-refractivity contribution in [1.29, 1.82) is 0 Å². The molecular weight excluding hydrogens is 439 g/mol. The van der Waals surface area contributed by atoms with Crippen molar-refractivity contribution >= 4 is 24.8 Å². The van der Waals surface area contributed by atoms with Gasteiger partial charge in [0, 0.05) is 38.6 Å². The fourth-order valence-corrected chi connectivity index (χ4v) is 5.65. The molecule has 0 aromatic heterocycles. The second-order valence-corrected chi connectivity index (χ2v) is 9.52. The third-order valence-corrected chi connectivity index (χ3v) is 7.49. The van der Waals surface area contributed by atoms with Crippen LogP contribution in [0.15, 0.2) is 60.7 Å². The Balaban J connectivity index is 0.00000181. The van der Waals surface area contributed by atoms with E-state index in [0.717, 1.165) is 57.5 Å².